The van der Waals surface area contributed by atoms with Gasteiger partial charge in [-0.1, -0.05) is 38.1 Å². The van der Waals surface area contributed by atoms with Gasteiger partial charge in [0.05, 0.1) is 13.7 Å². The van der Waals surface area contributed by atoms with E-state index < -0.39 is 0 Å². The van der Waals surface area contributed by atoms with Gasteiger partial charge in [0.1, 0.15) is 0 Å². The molecule has 0 amide bonds. The average Bonchev–Trinajstić information content (AvgIpc) is 2.38. The van der Waals surface area contributed by atoms with Crippen molar-refractivity contribution in [2.45, 2.75) is 20.8 Å². The first-order chi connectivity index (χ1) is 9.19. The van der Waals surface area contributed by atoms with Crippen molar-refractivity contribution >= 4 is 6.08 Å². The fourth-order valence-corrected chi connectivity index (χ4v) is 1.79. The minimum atomic E-state index is 0.638. The van der Waals surface area contributed by atoms with E-state index in [0.29, 0.717) is 12.5 Å². The van der Waals surface area contributed by atoms with Gasteiger partial charge in [0, 0.05) is 12.1 Å². The molecule has 0 heterocycles. The monoisotopic (exact) mass is 263 g/mol. The van der Waals surface area contributed by atoms with E-state index in [0.717, 1.165) is 30.2 Å². The highest BCUT2D eigenvalue weighted by Crippen LogP contribution is 2.31. The molecule has 0 radical (unpaired) electrons. The fraction of sp³-hybridized carbons (Fsp3) is 0.500. The van der Waals surface area contributed by atoms with Crippen molar-refractivity contribution in [3.63, 3.8) is 0 Å². The molecule has 1 rings (SSSR count). The molecule has 0 aliphatic carbocycles. The third kappa shape index (κ3) is 5.35. The Hall–Kier alpha value is -1.48. The van der Waals surface area contributed by atoms with Gasteiger partial charge in [-0.05, 0) is 25.5 Å². The Morgan fingerprint density at radius 1 is 1.32 bits per heavy atom. The summed E-state index contributed by atoms with van der Waals surface area (Å²) in [5.74, 6) is 2.26. The van der Waals surface area contributed by atoms with Crippen molar-refractivity contribution in [1.29, 1.82) is 0 Å². The van der Waals surface area contributed by atoms with Gasteiger partial charge in [0.15, 0.2) is 11.5 Å². The van der Waals surface area contributed by atoms with Gasteiger partial charge in [-0.25, -0.2) is 0 Å². The lowest BCUT2D eigenvalue weighted by Crippen LogP contribution is -2.19. The van der Waals surface area contributed by atoms with Gasteiger partial charge in [0.25, 0.3) is 0 Å². The third-order valence-corrected chi connectivity index (χ3v) is 2.63. The summed E-state index contributed by atoms with van der Waals surface area (Å²) in [6.45, 7) is 8.90. The molecule has 0 bridgehead atoms. The van der Waals surface area contributed by atoms with Crippen molar-refractivity contribution in [1.82, 2.24) is 5.32 Å². The Bertz CT molecular complexity index is 400. The van der Waals surface area contributed by atoms with E-state index >= 15 is 0 Å². The maximum absolute atomic E-state index is 5.55. The predicted octanol–water partition coefficient (Wildman–Crippen LogP) is 3.35. The first-order valence-corrected chi connectivity index (χ1v) is 6.86. The highest BCUT2D eigenvalue weighted by Gasteiger charge is 2.06. The highest BCUT2D eigenvalue weighted by atomic mass is 16.5. The smallest absolute Gasteiger partial charge is 0.167 e. The zero-order valence-corrected chi connectivity index (χ0v) is 12.4. The average molecular weight is 263 g/mol. The van der Waals surface area contributed by atoms with Crippen LogP contribution in [-0.2, 0) is 0 Å². The van der Waals surface area contributed by atoms with Crippen molar-refractivity contribution in [2.24, 2.45) is 5.92 Å². The molecule has 0 atom stereocenters. The van der Waals surface area contributed by atoms with Crippen LogP contribution in [0.1, 0.15) is 26.3 Å². The Balaban J connectivity index is 2.66. The molecule has 0 aliphatic rings. The largest absolute Gasteiger partial charge is 0.492 e. The number of hydrogen-bond acceptors (Lipinski definition) is 3. The summed E-state index contributed by atoms with van der Waals surface area (Å²) in [5.41, 5.74) is 1.04. The minimum absolute atomic E-state index is 0.638. The first kappa shape index (κ1) is 15.6. The van der Waals surface area contributed by atoms with Crippen LogP contribution in [0.4, 0.5) is 0 Å². The van der Waals surface area contributed by atoms with Gasteiger partial charge in [0.2, 0.25) is 0 Å². The maximum Gasteiger partial charge on any atom is 0.167 e. The minimum Gasteiger partial charge on any atom is -0.492 e. The molecular formula is C16H25NO2. The predicted molar refractivity (Wildman–Crippen MR) is 80.9 cm³/mol. The number of ether oxygens (including phenoxy) is 2. The molecule has 3 nitrogen and oxygen atoms in total. The topological polar surface area (TPSA) is 30.5 Å². The Morgan fingerprint density at radius 2 is 2.11 bits per heavy atom. The van der Waals surface area contributed by atoms with E-state index in [-0.39, 0.29) is 0 Å². The summed E-state index contributed by atoms with van der Waals surface area (Å²) in [6.07, 6.45) is 4.17. The second-order valence-corrected chi connectivity index (χ2v) is 4.77. The standard InChI is InChI=1S/C16H25NO2/c1-5-19-15-10-6-8-14(16(15)18-4)9-7-11-17-12-13(2)3/h6-10,13,17H,5,11-12H2,1-4H3. The first-order valence-electron chi connectivity index (χ1n) is 6.86. The number of methoxy groups -OCH3 is 1. The van der Waals surface area contributed by atoms with Gasteiger partial charge >= 0.3 is 0 Å². The molecule has 106 valence electrons. The van der Waals surface area contributed by atoms with E-state index in [1.807, 2.05) is 25.1 Å². The van der Waals surface area contributed by atoms with Gasteiger partial charge in [-0.3, -0.25) is 0 Å². The van der Waals surface area contributed by atoms with Crippen molar-refractivity contribution in [3.05, 3.63) is 29.8 Å². The van der Waals surface area contributed by atoms with Crippen LogP contribution in [0.3, 0.4) is 0 Å². The second kappa shape index (κ2) is 8.59. The molecule has 1 N–H and O–H groups in total. The number of para-hydroxylation sites is 1. The van der Waals surface area contributed by atoms with Crippen LogP contribution in [0, 0.1) is 5.92 Å². The summed E-state index contributed by atoms with van der Waals surface area (Å²) < 4.78 is 11.0. The zero-order chi connectivity index (χ0) is 14.1. The van der Waals surface area contributed by atoms with Gasteiger partial charge in [-0.2, -0.15) is 0 Å². The Kier molecular flexibility index (Phi) is 7.04. The van der Waals surface area contributed by atoms with E-state index in [2.05, 4.69) is 31.3 Å². The van der Waals surface area contributed by atoms with Crippen molar-refractivity contribution in [3.8, 4) is 11.5 Å². The molecule has 0 aromatic heterocycles. The maximum atomic E-state index is 5.55. The van der Waals surface area contributed by atoms with Crippen LogP contribution in [0.5, 0.6) is 11.5 Å². The fourth-order valence-electron chi connectivity index (χ4n) is 1.79. The normalized spacial score (nSPS) is 11.2. The van der Waals surface area contributed by atoms with Crippen LogP contribution in [0.15, 0.2) is 24.3 Å². The molecule has 0 aliphatic heterocycles. The van der Waals surface area contributed by atoms with Crippen LogP contribution < -0.4 is 14.8 Å². The lowest BCUT2D eigenvalue weighted by molar-refractivity contribution is 0.310. The number of rotatable bonds is 8. The molecule has 0 saturated heterocycles. The zero-order valence-electron chi connectivity index (χ0n) is 12.4. The number of benzene rings is 1. The Morgan fingerprint density at radius 3 is 2.74 bits per heavy atom. The SMILES string of the molecule is CCOc1cccc(C=CCNCC(C)C)c1OC. The van der Waals surface area contributed by atoms with Crippen LogP contribution >= 0.6 is 0 Å². The van der Waals surface area contributed by atoms with Crippen LogP contribution in [0.25, 0.3) is 6.08 Å². The van der Waals surface area contributed by atoms with E-state index in [1.165, 1.54) is 0 Å². The van der Waals surface area contributed by atoms with E-state index in [4.69, 9.17) is 9.47 Å². The number of hydrogen-bond donors (Lipinski definition) is 1. The molecular weight excluding hydrogens is 238 g/mol. The van der Waals surface area contributed by atoms with Crippen molar-refractivity contribution in [2.75, 3.05) is 26.8 Å². The molecule has 1 aromatic rings. The molecule has 0 fully saturated rings. The third-order valence-electron chi connectivity index (χ3n) is 2.63. The van der Waals surface area contributed by atoms with Crippen LogP contribution in [-0.4, -0.2) is 26.8 Å². The lowest BCUT2D eigenvalue weighted by atomic mass is 10.1. The molecule has 1 aromatic carbocycles. The molecule has 0 saturated carbocycles. The summed E-state index contributed by atoms with van der Waals surface area (Å²) >= 11 is 0. The lowest BCUT2D eigenvalue weighted by Gasteiger charge is -2.11. The molecule has 0 spiro atoms. The number of nitrogens with one attached hydrogen (secondary N) is 1. The van der Waals surface area contributed by atoms with Crippen LogP contribution in [0.2, 0.25) is 0 Å². The van der Waals surface area contributed by atoms with Gasteiger partial charge < -0.3 is 14.8 Å². The summed E-state index contributed by atoms with van der Waals surface area (Å²) in [6, 6.07) is 5.94. The second-order valence-electron chi connectivity index (χ2n) is 4.77. The summed E-state index contributed by atoms with van der Waals surface area (Å²) in [5, 5.41) is 3.37. The molecule has 19 heavy (non-hydrogen) atoms. The highest BCUT2D eigenvalue weighted by molar-refractivity contribution is 5.62. The Labute approximate surface area is 116 Å². The van der Waals surface area contributed by atoms with E-state index in [1.54, 1.807) is 7.11 Å². The molecule has 0 unspecified atom stereocenters. The molecule has 3 heteroatoms. The van der Waals surface area contributed by atoms with Gasteiger partial charge in [-0.15, -0.1) is 0 Å². The quantitative estimate of drug-likeness (QED) is 0.730. The van der Waals surface area contributed by atoms with Crippen molar-refractivity contribution < 1.29 is 9.47 Å². The summed E-state index contributed by atoms with van der Waals surface area (Å²) in [4.78, 5) is 0. The van der Waals surface area contributed by atoms with E-state index in [9.17, 15) is 0 Å². The summed E-state index contributed by atoms with van der Waals surface area (Å²) in [7, 11) is 1.67.